The van der Waals surface area contributed by atoms with Gasteiger partial charge in [-0.2, -0.15) is 0 Å². The number of hydrogen-bond acceptors (Lipinski definition) is 5. The van der Waals surface area contributed by atoms with Crippen LogP contribution < -0.4 is 5.73 Å². The van der Waals surface area contributed by atoms with E-state index >= 15 is 0 Å². The van der Waals surface area contributed by atoms with Crippen molar-refractivity contribution in [2.24, 2.45) is 5.73 Å². The molecule has 0 aliphatic carbocycles. The lowest BCUT2D eigenvalue weighted by Crippen LogP contribution is -2.60. The maximum absolute atomic E-state index is 12.2. The summed E-state index contributed by atoms with van der Waals surface area (Å²) in [4.78, 5) is 27.5. The van der Waals surface area contributed by atoms with Crippen LogP contribution in [0, 0.1) is 0 Å². The van der Waals surface area contributed by atoms with Crippen molar-refractivity contribution in [1.29, 1.82) is 0 Å². The fourth-order valence-corrected chi connectivity index (χ4v) is 2.11. The van der Waals surface area contributed by atoms with Gasteiger partial charge in [0.15, 0.2) is 0 Å². The monoisotopic (exact) mass is 315 g/mol. The maximum Gasteiger partial charge on any atom is 0.410 e. The number of piperazine rings is 1. The van der Waals surface area contributed by atoms with Crippen LogP contribution in [0.1, 0.15) is 41.5 Å². The summed E-state index contributed by atoms with van der Waals surface area (Å²) < 4.78 is 10.7. The minimum Gasteiger partial charge on any atom is -0.444 e. The van der Waals surface area contributed by atoms with Crippen molar-refractivity contribution in [2.45, 2.75) is 58.8 Å². The zero-order chi connectivity index (χ0) is 17.1. The first-order valence-electron chi connectivity index (χ1n) is 7.60. The minimum atomic E-state index is -0.557. The number of nitrogens with two attached hydrogens (primary N) is 1. The zero-order valence-electron chi connectivity index (χ0n) is 14.5. The molecule has 0 radical (unpaired) electrons. The highest BCUT2D eigenvalue weighted by Gasteiger charge is 2.35. The molecule has 22 heavy (non-hydrogen) atoms. The van der Waals surface area contributed by atoms with Crippen LogP contribution in [0.3, 0.4) is 0 Å². The average Bonchev–Trinajstić information content (AvgIpc) is 2.33. The van der Waals surface area contributed by atoms with Gasteiger partial charge in [0, 0.05) is 26.2 Å². The molecule has 1 saturated heterocycles. The molecule has 0 bridgehead atoms. The summed E-state index contributed by atoms with van der Waals surface area (Å²) in [5, 5.41) is 0. The van der Waals surface area contributed by atoms with E-state index in [-0.39, 0.29) is 18.7 Å². The van der Waals surface area contributed by atoms with Crippen molar-refractivity contribution in [2.75, 3.05) is 26.2 Å². The molecule has 1 heterocycles. The van der Waals surface area contributed by atoms with Crippen molar-refractivity contribution in [3.63, 3.8) is 0 Å². The van der Waals surface area contributed by atoms with E-state index in [2.05, 4.69) is 0 Å². The first-order chi connectivity index (χ1) is 9.93. The second kappa shape index (κ2) is 6.73. The molecule has 2 amide bonds. The smallest absolute Gasteiger partial charge is 0.410 e. The zero-order valence-corrected chi connectivity index (χ0v) is 14.5. The van der Waals surface area contributed by atoms with Crippen molar-refractivity contribution < 1.29 is 19.1 Å². The van der Waals surface area contributed by atoms with Crippen LogP contribution >= 0.6 is 0 Å². The summed E-state index contributed by atoms with van der Waals surface area (Å²) in [5.74, 6) is 0. The third kappa shape index (κ3) is 5.71. The standard InChI is InChI=1S/C15H29N3O4/c1-14(2,3)21-12(19)17-7-8-18(11(9-16)10-17)13(20)22-15(4,5)6/h11H,7-10,16H2,1-6H3/t11-/m1/s1. The molecule has 128 valence electrons. The molecular formula is C15H29N3O4. The van der Waals surface area contributed by atoms with Crippen LogP contribution in [0.5, 0.6) is 0 Å². The number of carbonyl (C=O) groups is 2. The first kappa shape index (κ1) is 18.5. The van der Waals surface area contributed by atoms with E-state index in [1.807, 2.05) is 41.5 Å². The summed E-state index contributed by atoms with van der Waals surface area (Å²) in [6.45, 7) is 12.3. The normalized spacial score (nSPS) is 19.9. The number of amides is 2. The highest BCUT2D eigenvalue weighted by Crippen LogP contribution is 2.17. The second-order valence-corrected chi connectivity index (χ2v) is 7.49. The second-order valence-electron chi connectivity index (χ2n) is 7.49. The Morgan fingerprint density at radius 2 is 1.50 bits per heavy atom. The Morgan fingerprint density at radius 3 is 1.95 bits per heavy atom. The number of hydrogen-bond donors (Lipinski definition) is 1. The summed E-state index contributed by atoms with van der Waals surface area (Å²) >= 11 is 0. The third-order valence-electron chi connectivity index (χ3n) is 3.03. The highest BCUT2D eigenvalue weighted by molar-refractivity contribution is 5.71. The van der Waals surface area contributed by atoms with Crippen LogP contribution in [-0.2, 0) is 9.47 Å². The molecule has 0 aromatic rings. The molecule has 0 aromatic heterocycles. The summed E-state index contributed by atoms with van der Waals surface area (Å²) in [6, 6.07) is -0.267. The lowest BCUT2D eigenvalue weighted by atomic mass is 10.1. The Bertz CT molecular complexity index is 412. The molecule has 0 saturated carbocycles. The molecule has 1 atom stereocenters. The Balaban J connectivity index is 2.68. The first-order valence-corrected chi connectivity index (χ1v) is 7.60. The van der Waals surface area contributed by atoms with Crippen molar-refractivity contribution in [1.82, 2.24) is 9.80 Å². The molecule has 7 heteroatoms. The molecule has 1 aliphatic heterocycles. The van der Waals surface area contributed by atoms with E-state index in [0.29, 0.717) is 19.6 Å². The minimum absolute atomic E-state index is 0.262. The van der Waals surface area contributed by atoms with E-state index in [1.54, 1.807) is 9.80 Å². The third-order valence-corrected chi connectivity index (χ3v) is 3.03. The Labute approximate surface area is 132 Å². The molecule has 1 rings (SSSR count). The molecule has 1 aliphatic rings. The Morgan fingerprint density at radius 1 is 1.00 bits per heavy atom. The fourth-order valence-electron chi connectivity index (χ4n) is 2.11. The number of nitrogens with zero attached hydrogens (tertiary/aromatic N) is 2. The predicted octanol–water partition coefficient (Wildman–Crippen LogP) is 1.80. The average molecular weight is 315 g/mol. The molecule has 0 unspecified atom stereocenters. The van der Waals surface area contributed by atoms with Gasteiger partial charge in [0.1, 0.15) is 11.2 Å². The quantitative estimate of drug-likeness (QED) is 0.797. The van der Waals surface area contributed by atoms with E-state index in [1.165, 1.54) is 0 Å². The summed E-state index contributed by atoms with van der Waals surface area (Å²) in [6.07, 6.45) is -0.776. The van der Waals surface area contributed by atoms with Gasteiger partial charge in [-0.1, -0.05) is 0 Å². The van der Waals surface area contributed by atoms with Crippen molar-refractivity contribution >= 4 is 12.2 Å². The lowest BCUT2D eigenvalue weighted by molar-refractivity contribution is -0.0134. The lowest BCUT2D eigenvalue weighted by Gasteiger charge is -2.41. The fraction of sp³-hybridized carbons (Fsp3) is 0.867. The van der Waals surface area contributed by atoms with E-state index < -0.39 is 17.3 Å². The van der Waals surface area contributed by atoms with Crippen LogP contribution in [0.15, 0.2) is 0 Å². The topological polar surface area (TPSA) is 85.1 Å². The van der Waals surface area contributed by atoms with Crippen molar-refractivity contribution in [3.8, 4) is 0 Å². The van der Waals surface area contributed by atoms with Gasteiger partial charge in [0.2, 0.25) is 0 Å². The van der Waals surface area contributed by atoms with Gasteiger partial charge in [0.05, 0.1) is 6.04 Å². The highest BCUT2D eigenvalue weighted by atomic mass is 16.6. The van der Waals surface area contributed by atoms with Gasteiger partial charge in [-0.05, 0) is 41.5 Å². The largest absolute Gasteiger partial charge is 0.444 e. The van der Waals surface area contributed by atoms with Gasteiger partial charge in [-0.3, -0.25) is 0 Å². The summed E-state index contributed by atoms with van der Waals surface area (Å²) in [5.41, 5.74) is 4.66. The molecule has 0 aromatic carbocycles. The SMILES string of the molecule is CC(C)(C)OC(=O)N1CCN(C(=O)OC(C)(C)C)[C@H](CN)C1. The predicted molar refractivity (Wildman–Crippen MR) is 83.6 cm³/mol. The summed E-state index contributed by atoms with van der Waals surface area (Å²) in [7, 11) is 0. The van der Waals surface area contributed by atoms with Crippen LogP contribution in [0.25, 0.3) is 0 Å². The van der Waals surface area contributed by atoms with E-state index in [4.69, 9.17) is 15.2 Å². The van der Waals surface area contributed by atoms with Gasteiger partial charge in [0.25, 0.3) is 0 Å². The van der Waals surface area contributed by atoms with Crippen LogP contribution in [-0.4, -0.2) is 65.4 Å². The molecule has 1 fully saturated rings. The maximum atomic E-state index is 12.2. The number of ether oxygens (including phenoxy) is 2. The van der Waals surface area contributed by atoms with Crippen LogP contribution in [0.2, 0.25) is 0 Å². The van der Waals surface area contributed by atoms with Gasteiger partial charge >= 0.3 is 12.2 Å². The van der Waals surface area contributed by atoms with Crippen LogP contribution in [0.4, 0.5) is 9.59 Å². The number of carbonyl (C=O) groups excluding carboxylic acids is 2. The Kier molecular flexibility index (Phi) is 5.67. The molecule has 2 N–H and O–H groups in total. The molecule has 0 spiro atoms. The van der Waals surface area contributed by atoms with E-state index in [9.17, 15) is 9.59 Å². The molecule has 7 nitrogen and oxygen atoms in total. The van der Waals surface area contributed by atoms with Crippen molar-refractivity contribution in [3.05, 3.63) is 0 Å². The van der Waals surface area contributed by atoms with Gasteiger partial charge < -0.3 is 25.0 Å². The molecular weight excluding hydrogens is 286 g/mol. The Hall–Kier alpha value is -1.50. The van der Waals surface area contributed by atoms with Gasteiger partial charge in [-0.25, -0.2) is 9.59 Å². The number of rotatable bonds is 1. The van der Waals surface area contributed by atoms with Gasteiger partial charge in [-0.15, -0.1) is 0 Å². The van der Waals surface area contributed by atoms with E-state index in [0.717, 1.165) is 0 Å².